The minimum absolute atomic E-state index is 0.0797. The van der Waals surface area contributed by atoms with E-state index in [-0.39, 0.29) is 30.7 Å². The van der Waals surface area contributed by atoms with Crippen molar-refractivity contribution in [3.63, 3.8) is 0 Å². The van der Waals surface area contributed by atoms with Crippen molar-refractivity contribution in [3.05, 3.63) is 110 Å². The van der Waals surface area contributed by atoms with Crippen LogP contribution in [0, 0.1) is 17.0 Å². The summed E-state index contributed by atoms with van der Waals surface area (Å²) in [6.45, 7) is 2.05. The summed E-state index contributed by atoms with van der Waals surface area (Å²) in [6, 6.07) is 19.1. The zero-order chi connectivity index (χ0) is 24.8. The van der Waals surface area contributed by atoms with Crippen molar-refractivity contribution in [3.8, 4) is 11.5 Å². The fraction of sp³-hybridized carbons (Fsp3) is 0.120. The Morgan fingerprint density at radius 3 is 2.69 bits per heavy atom. The third kappa shape index (κ3) is 6.45. The molecule has 0 unspecified atom stereocenters. The predicted molar refractivity (Wildman–Crippen MR) is 134 cm³/mol. The molecule has 1 heterocycles. The minimum Gasteiger partial charge on any atom is -0.482 e. The van der Waals surface area contributed by atoms with Gasteiger partial charge in [0.25, 0.3) is 5.91 Å². The lowest BCUT2D eigenvalue weighted by atomic mass is 10.1. The van der Waals surface area contributed by atoms with E-state index in [1.165, 1.54) is 12.3 Å². The highest BCUT2D eigenvalue weighted by molar-refractivity contribution is 9.10. The third-order valence-corrected chi connectivity index (χ3v) is 5.49. The van der Waals surface area contributed by atoms with Crippen LogP contribution in [-0.2, 0) is 13.3 Å². The van der Waals surface area contributed by atoms with Crippen LogP contribution in [0.1, 0.15) is 21.5 Å². The molecule has 0 aliphatic carbocycles. The summed E-state index contributed by atoms with van der Waals surface area (Å²) in [5.41, 5.74) is 2.31. The van der Waals surface area contributed by atoms with Gasteiger partial charge in [-0.05, 0) is 60.5 Å². The number of nitro benzene ring substituents is 1. The van der Waals surface area contributed by atoms with Gasteiger partial charge in [-0.15, -0.1) is 0 Å². The molecule has 0 radical (unpaired) electrons. The molecule has 178 valence electrons. The van der Waals surface area contributed by atoms with E-state index >= 15 is 0 Å². The van der Waals surface area contributed by atoms with Gasteiger partial charge >= 0.3 is 5.69 Å². The number of hydrogen-bond acceptors (Lipinski definition) is 6. The molecule has 0 atom stereocenters. The monoisotopic (exact) mass is 536 g/mol. The minimum atomic E-state index is -0.476. The zero-order valence-electron chi connectivity index (χ0n) is 18.7. The van der Waals surface area contributed by atoms with Gasteiger partial charge in [0.1, 0.15) is 12.4 Å². The van der Waals surface area contributed by atoms with Crippen molar-refractivity contribution in [2.75, 3.05) is 5.32 Å². The van der Waals surface area contributed by atoms with Gasteiger partial charge in [-0.3, -0.25) is 14.9 Å². The quantitative estimate of drug-likeness (QED) is 0.216. The number of hydrogen-bond donors (Lipinski definition) is 1. The van der Waals surface area contributed by atoms with Crippen LogP contribution in [0.15, 0.2) is 83.6 Å². The molecule has 4 rings (SSSR count). The number of amides is 1. The molecular formula is C25H21BrN4O5. The van der Waals surface area contributed by atoms with Gasteiger partial charge in [-0.25, -0.2) is 4.68 Å². The molecule has 0 saturated heterocycles. The Balaban J connectivity index is 1.35. The van der Waals surface area contributed by atoms with E-state index < -0.39 is 4.92 Å². The van der Waals surface area contributed by atoms with E-state index in [2.05, 4.69) is 26.3 Å². The maximum Gasteiger partial charge on any atom is 0.311 e. The van der Waals surface area contributed by atoms with E-state index in [9.17, 15) is 14.9 Å². The number of halogens is 1. The number of carbonyl (C=O) groups excluding carboxylic acids is 1. The number of aryl methyl sites for hydroxylation is 1. The van der Waals surface area contributed by atoms with Gasteiger partial charge in [-0.1, -0.05) is 34.1 Å². The molecule has 0 bridgehead atoms. The van der Waals surface area contributed by atoms with E-state index in [4.69, 9.17) is 9.47 Å². The molecule has 1 aromatic heterocycles. The Bertz CT molecular complexity index is 1350. The van der Waals surface area contributed by atoms with Crippen molar-refractivity contribution in [2.24, 2.45) is 0 Å². The van der Waals surface area contributed by atoms with Crippen LogP contribution in [0.5, 0.6) is 11.5 Å². The van der Waals surface area contributed by atoms with Gasteiger partial charge < -0.3 is 14.8 Å². The number of nitrogens with zero attached hydrogens (tertiary/aromatic N) is 3. The first kappa shape index (κ1) is 24.0. The molecule has 0 aliphatic heterocycles. The highest BCUT2D eigenvalue weighted by Gasteiger charge is 2.15. The summed E-state index contributed by atoms with van der Waals surface area (Å²) in [6.07, 6.45) is 3.20. The summed E-state index contributed by atoms with van der Waals surface area (Å²) >= 11 is 3.38. The first-order valence-corrected chi connectivity index (χ1v) is 11.4. The van der Waals surface area contributed by atoms with E-state index in [1.807, 2.05) is 24.3 Å². The van der Waals surface area contributed by atoms with Crippen molar-refractivity contribution in [1.29, 1.82) is 0 Å². The number of nitro groups is 1. The summed E-state index contributed by atoms with van der Waals surface area (Å²) in [4.78, 5) is 23.5. The summed E-state index contributed by atoms with van der Waals surface area (Å²) < 4.78 is 13.9. The Kier molecular flexibility index (Phi) is 7.41. The van der Waals surface area contributed by atoms with Crippen LogP contribution >= 0.6 is 15.9 Å². The molecule has 9 nitrogen and oxygen atoms in total. The van der Waals surface area contributed by atoms with Crippen molar-refractivity contribution < 1.29 is 19.2 Å². The lowest BCUT2D eigenvalue weighted by molar-refractivity contribution is -0.386. The largest absolute Gasteiger partial charge is 0.482 e. The fourth-order valence-electron chi connectivity index (χ4n) is 3.23. The third-order valence-electron chi connectivity index (χ3n) is 4.96. The Morgan fingerprint density at radius 1 is 1.11 bits per heavy atom. The van der Waals surface area contributed by atoms with Crippen LogP contribution in [0.3, 0.4) is 0 Å². The fourth-order valence-corrected chi connectivity index (χ4v) is 3.49. The lowest BCUT2D eigenvalue weighted by Gasteiger charge is -2.09. The second kappa shape index (κ2) is 10.8. The summed E-state index contributed by atoms with van der Waals surface area (Å²) in [7, 11) is 0. The molecule has 1 N–H and O–H groups in total. The normalized spacial score (nSPS) is 10.6. The molecule has 1 amide bonds. The average Bonchev–Trinajstić information content (AvgIpc) is 3.30. The van der Waals surface area contributed by atoms with Crippen LogP contribution in [0.2, 0.25) is 0 Å². The second-order valence-corrected chi connectivity index (χ2v) is 8.58. The molecule has 0 saturated carbocycles. The number of carbonyl (C=O) groups is 1. The Labute approximate surface area is 209 Å². The van der Waals surface area contributed by atoms with E-state index in [1.54, 1.807) is 54.2 Å². The SMILES string of the molecule is Cc1ccc(OCc2cccc(C(=O)Nc3cnn(COc4ccc(Br)cc4)c3)c2)c([N+](=O)[O-])c1. The molecule has 0 spiro atoms. The highest BCUT2D eigenvalue weighted by atomic mass is 79.9. The molecular weight excluding hydrogens is 516 g/mol. The Morgan fingerprint density at radius 2 is 1.91 bits per heavy atom. The lowest BCUT2D eigenvalue weighted by Crippen LogP contribution is -2.12. The molecule has 4 aromatic rings. The van der Waals surface area contributed by atoms with Crippen molar-refractivity contribution in [2.45, 2.75) is 20.3 Å². The van der Waals surface area contributed by atoms with Crippen molar-refractivity contribution in [1.82, 2.24) is 9.78 Å². The number of ether oxygens (including phenoxy) is 2. The van der Waals surface area contributed by atoms with Crippen molar-refractivity contribution >= 4 is 33.2 Å². The number of nitrogens with one attached hydrogen (secondary N) is 1. The topological polar surface area (TPSA) is 109 Å². The van der Waals surface area contributed by atoms with Gasteiger partial charge in [0.15, 0.2) is 12.5 Å². The zero-order valence-corrected chi connectivity index (χ0v) is 20.3. The molecule has 3 aromatic carbocycles. The maximum atomic E-state index is 12.7. The number of benzene rings is 3. The highest BCUT2D eigenvalue weighted by Crippen LogP contribution is 2.28. The van der Waals surface area contributed by atoms with E-state index in [0.717, 1.165) is 10.0 Å². The molecule has 0 fully saturated rings. The van der Waals surface area contributed by atoms with Crippen LogP contribution < -0.4 is 14.8 Å². The predicted octanol–water partition coefficient (Wildman–Crippen LogP) is 5.73. The number of aromatic nitrogens is 2. The molecule has 10 heteroatoms. The van der Waals surface area contributed by atoms with E-state index in [0.29, 0.717) is 22.6 Å². The van der Waals surface area contributed by atoms with Crippen LogP contribution in [0.25, 0.3) is 0 Å². The molecule has 0 aliphatic rings. The summed E-state index contributed by atoms with van der Waals surface area (Å²) in [5, 5.41) is 18.3. The second-order valence-electron chi connectivity index (χ2n) is 7.67. The van der Waals surface area contributed by atoms with Gasteiger partial charge in [0.2, 0.25) is 0 Å². The number of rotatable bonds is 9. The van der Waals surface area contributed by atoms with Gasteiger partial charge in [-0.2, -0.15) is 5.10 Å². The molecule has 35 heavy (non-hydrogen) atoms. The standard InChI is InChI=1S/C25H21BrN4O5/c1-17-5-10-24(23(11-17)30(32)33)34-15-18-3-2-4-19(12-18)25(31)28-21-13-27-29(14-21)16-35-22-8-6-20(26)7-9-22/h2-14H,15-16H2,1H3,(H,28,31). The first-order chi connectivity index (χ1) is 16.9. The van der Waals surface area contributed by atoms with Crippen LogP contribution in [0.4, 0.5) is 11.4 Å². The van der Waals surface area contributed by atoms with Gasteiger partial charge in [0, 0.05) is 16.1 Å². The maximum absolute atomic E-state index is 12.7. The van der Waals surface area contributed by atoms with Crippen LogP contribution in [-0.4, -0.2) is 20.6 Å². The number of anilines is 1. The summed E-state index contributed by atoms with van der Waals surface area (Å²) in [5.74, 6) is 0.555. The van der Waals surface area contributed by atoms with Gasteiger partial charge in [0.05, 0.1) is 23.0 Å². The Hall–Kier alpha value is -4.18. The smallest absolute Gasteiger partial charge is 0.311 e. The first-order valence-electron chi connectivity index (χ1n) is 10.6. The average molecular weight is 537 g/mol.